The summed E-state index contributed by atoms with van der Waals surface area (Å²) < 4.78 is 0. The summed E-state index contributed by atoms with van der Waals surface area (Å²) in [5, 5.41) is 10.2. The maximum Gasteiger partial charge on any atom is 0.422 e. The first-order valence-corrected chi connectivity index (χ1v) is 8.04. The summed E-state index contributed by atoms with van der Waals surface area (Å²) >= 11 is 0. The van der Waals surface area contributed by atoms with Crippen LogP contribution in [0.25, 0.3) is 0 Å². The lowest BCUT2D eigenvalue weighted by atomic mass is 10.1. The third kappa shape index (κ3) is 10.7. The molecular formula is C12H30N8O2. The van der Waals surface area contributed by atoms with Gasteiger partial charge in [-0.3, -0.25) is 0 Å². The molecule has 0 aromatic carbocycles. The van der Waals surface area contributed by atoms with Gasteiger partial charge < -0.3 is 5.11 Å². The van der Waals surface area contributed by atoms with Crippen LogP contribution in [0.15, 0.2) is 0 Å². The summed E-state index contributed by atoms with van der Waals surface area (Å²) in [6, 6.07) is 0. The molecule has 0 radical (unpaired) electrons. The minimum absolute atomic E-state index is 0.442. The topological polar surface area (TPSA) is 125 Å². The van der Waals surface area contributed by atoms with E-state index >= 15 is 0 Å². The van der Waals surface area contributed by atoms with Crippen LogP contribution in [0.2, 0.25) is 0 Å². The molecule has 0 bridgehead atoms. The van der Waals surface area contributed by atoms with E-state index in [2.05, 4.69) is 38.6 Å². The zero-order valence-corrected chi connectivity index (χ0v) is 13.1. The monoisotopic (exact) mass is 318 g/mol. The summed E-state index contributed by atoms with van der Waals surface area (Å²) in [4.78, 5) is 11.1. The molecule has 1 heterocycles. The predicted octanol–water partition coefficient (Wildman–Crippen LogP) is 0.0231. The summed E-state index contributed by atoms with van der Waals surface area (Å²) in [5.74, 6) is 0. The molecule has 0 aliphatic carbocycles. The fourth-order valence-corrected chi connectivity index (χ4v) is 2.22. The minimum atomic E-state index is -1.02. The van der Waals surface area contributed by atoms with Crippen LogP contribution in [0.3, 0.4) is 0 Å². The highest BCUT2D eigenvalue weighted by atomic mass is 16.4. The highest BCUT2D eigenvalue weighted by Crippen LogP contribution is 2.09. The number of hydrogen-bond donors (Lipinski definition) is 8. The van der Waals surface area contributed by atoms with Crippen molar-refractivity contribution in [2.24, 2.45) is 0 Å². The summed E-state index contributed by atoms with van der Waals surface area (Å²) in [5.41, 5.74) is 18.7. The smallest absolute Gasteiger partial charge is 0.422 e. The van der Waals surface area contributed by atoms with Gasteiger partial charge in [0.25, 0.3) is 0 Å². The summed E-state index contributed by atoms with van der Waals surface area (Å²) in [6.07, 6.45) is 9.46. The molecule has 8 N–H and O–H groups in total. The first kappa shape index (κ1) is 19.0. The summed E-state index contributed by atoms with van der Waals surface area (Å²) in [6.45, 7) is 1.32. The Balaban J connectivity index is 2.23. The number of hydrogen-bond acceptors (Lipinski definition) is 8. The van der Waals surface area contributed by atoms with Crippen molar-refractivity contribution in [3.8, 4) is 0 Å². The molecule has 0 unspecified atom stereocenters. The third-order valence-corrected chi connectivity index (χ3v) is 3.44. The van der Waals surface area contributed by atoms with Crippen molar-refractivity contribution in [1.29, 1.82) is 0 Å². The van der Waals surface area contributed by atoms with E-state index in [0.29, 0.717) is 6.54 Å². The molecule has 0 atom stereocenters. The number of carboxylic acid groups (broad SMARTS) is 1. The van der Waals surface area contributed by atoms with E-state index in [1.807, 2.05) is 0 Å². The Morgan fingerprint density at radius 1 is 0.727 bits per heavy atom. The molecule has 0 aromatic rings. The van der Waals surface area contributed by atoms with Gasteiger partial charge in [0.1, 0.15) is 0 Å². The average molecular weight is 318 g/mol. The number of nitrogens with zero attached hydrogens (tertiary/aromatic N) is 1. The lowest BCUT2D eigenvalue weighted by Crippen LogP contribution is -2.64. The van der Waals surface area contributed by atoms with Crippen LogP contribution < -0.4 is 38.6 Å². The van der Waals surface area contributed by atoms with Gasteiger partial charge in [-0.2, -0.15) is 27.7 Å². The second-order valence-corrected chi connectivity index (χ2v) is 5.28. The molecule has 1 saturated heterocycles. The Hall–Kier alpha value is -1.01. The molecule has 130 valence electrons. The lowest BCUT2D eigenvalue weighted by Gasteiger charge is -2.21. The molecule has 1 aliphatic heterocycles. The van der Waals surface area contributed by atoms with Crippen LogP contribution in [0.4, 0.5) is 4.79 Å². The molecular weight excluding hydrogens is 288 g/mol. The second kappa shape index (κ2) is 13.6. The van der Waals surface area contributed by atoms with Crippen LogP contribution >= 0.6 is 0 Å². The van der Waals surface area contributed by atoms with Crippen LogP contribution in [0.1, 0.15) is 57.8 Å². The molecule has 10 heteroatoms. The summed E-state index contributed by atoms with van der Waals surface area (Å²) in [7, 11) is 0. The zero-order chi connectivity index (χ0) is 15.9. The SMILES string of the molecule is O=C(O)N1CCCCCCCCCCCNNNNNNN1. The van der Waals surface area contributed by atoms with E-state index in [-0.39, 0.29) is 0 Å². The fraction of sp³-hybridized carbons (Fsp3) is 0.917. The van der Waals surface area contributed by atoms with Crippen molar-refractivity contribution < 1.29 is 9.90 Å². The quantitative estimate of drug-likeness (QED) is 0.312. The molecule has 22 heavy (non-hydrogen) atoms. The molecule has 10 nitrogen and oxygen atoms in total. The fourth-order valence-electron chi connectivity index (χ4n) is 2.22. The van der Waals surface area contributed by atoms with Crippen LogP contribution in [-0.2, 0) is 0 Å². The van der Waals surface area contributed by atoms with Crippen molar-refractivity contribution >= 4 is 6.09 Å². The molecule has 0 saturated carbocycles. The second-order valence-electron chi connectivity index (χ2n) is 5.28. The van der Waals surface area contributed by atoms with Gasteiger partial charge in [0, 0.05) is 13.1 Å². The highest BCUT2D eigenvalue weighted by Gasteiger charge is 2.09. The Morgan fingerprint density at radius 3 is 1.95 bits per heavy atom. The van der Waals surface area contributed by atoms with E-state index in [0.717, 1.165) is 37.2 Å². The van der Waals surface area contributed by atoms with Gasteiger partial charge in [-0.1, -0.05) is 44.9 Å². The Labute approximate surface area is 131 Å². The van der Waals surface area contributed by atoms with Crippen LogP contribution in [-0.4, -0.2) is 29.3 Å². The Kier molecular flexibility index (Phi) is 11.8. The molecule has 1 fully saturated rings. The van der Waals surface area contributed by atoms with Crippen molar-refractivity contribution in [2.45, 2.75) is 57.8 Å². The molecule has 1 aliphatic rings. The molecule has 0 spiro atoms. The normalized spacial score (nSPS) is 22.3. The van der Waals surface area contributed by atoms with Gasteiger partial charge in [0.15, 0.2) is 0 Å². The van der Waals surface area contributed by atoms with E-state index in [1.54, 1.807) is 0 Å². The van der Waals surface area contributed by atoms with Gasteiger partial charge in [0.05, 0.1) is 0 Å². The highest BCUT2D eigenvalue weighted by molar-refractivity contribution is 5.64. The van der Waals surface area contributed by atoms with E-state index in [4.69, 9.17) is 5.11 Å². The van der Waals surface area contributed by atoms with Crippen molar-refractivity contribution in [3.63, 3.8) is 0 Å². The van der Waals surface area contributed by atoms with Gasteiger partial charge in [-0.25, -0.2) is 15.2 Å². The lowest BCUT2D eigenvalue weighted by molar-refractivity contribution is 0.0915. The number of amides is 1. The minimum Gasteiger partial charge on any atom is -0.464 e. The first-order valence-electron chi connectivity index (χ1n) is 8.04. The predicted molar refractivity (Wildman–Crippen MR) is 83.1 cm³/mol. The molecule has 0 aromatic heterocycles. The van der Waals surface area contributed by atoms with Gasteiger partial charge >= 0.3 is 6.09 Å². The largest absolute Gasteiger partial charge is 0.464 e. The Morgan fingerprint density at radius 2 is 1.27 bits per heavy atom. The van der Waals surface area contributed by atoms with Crippen molar-refractivity contribution in [1.82, 2.24) is 43.6 Å². The van der Waals surface area contributed by atoms with E-state index < -0.39 is 6.09 Å². The molecule has 1 rings (SSSR count). The van der Waals surface area contributed by atoms with Gasteiger partial charge in [-0.05, 0) is 12.8 Å². The Bertz CT molecular complexity index is 262. The van der Waals surface area contributed by atoms with Gasteiger partial charge in [0.2, 0.25) is 0 Å². The number of nitrogens with one attached hydrogen (secondary N) is 7. The number of carbonyl (C=O) groups is 1. The van der Waals surface area contributed by atoms with Gasteiger partial charge in [-0.15, -0.1) is 5.53 Å². The number of hydrazine groups is 7. The average Bonchev–Trinajstić information content (AvgIpc) is 2.50. The molecule has 1 amide bonds. The zero-order valence-electron chi connectivity index (χ0n) is 13.1. The van der Waals surface area contributed by atoms with Crippen LogP contribution in [0, 0.1) is 0 Å². The first-order chi connectivity index (χ1) is 10.8. The number of rotatable bonds is 0. The van der Waals surface area contributed by atoms with Crippen molar-refractivity contribution in [3.05, 3.63) is 0 Å². The maximum absolute atomic E-state index is 11.1. The third-order valence-electron chi connectivity index (χ3n) is 3.44. The maximum atomic E-state index is 11.1. The van der Waals surface area contributed by atoms with E-state index in [9.17, 15) is 4.79 Å². The van der Waals surface area contributed by atoms with Crippen molar-refractivity contribution in [2.75, 3.05) is 13.1 Å². The standard InChI is InChI=1S/C12H30N8O2/c21-12(22)20-11-9-7-5-3-1-2-4-6-8-10-13-14-15-16-17-18-19-20/h13-19H,1-11H2,(H,21,22). The van der Waals surface area contributed by atoms with E-state index in [1.165, 1.54) is 32.1 Å². The van der Waals surface area contributed by atoms with Crippen LogP contribution in [0.5, 0.6) is 0 Å².